The van der Waals surface area contributed by atoms with Crippen LogP contribution in [0.15, 0.2) is 29.2 Å². The van der Waals surface area contributed by atoms with Gasteiger partial charge in [-0.25, -0.2) is 8.42 Å². The van der Waals surface area contributed by atoms with Gasteiger partial charge >= 0.3 is 0 Å². The van der Waals surface area contributed by atoms with Crippen LogP contribution in [0, 0.1) is 0 Å². The van der Waals surface area contributed by atoms with Crippen LogP contribution in [0.2, 0.25) is 0 Å². The summed E-state index contributed by atoms with van der Waals surface area (Å²) in [7, 11) is -3.34. The average Bonchev–Trinajstić information content (AvgIpc) is 2.28. The minimum atomic E-state index is -3.34. The van der Waals surface area contributed by atoms with Crippen molar-refractivity contribution in [1.29, 1.82) is 0 Å². The first kappa shape index (κ1) is 12.7. The van der Waals surface area contributed by atoms with Crippen molar-refractivity contribution in [1.82, 2.24) is 0 Å². The lowest BCUT2D eigenvalue weighted by molar-refractivity contribution is -0.107. The molecule has 0 aliphatic rings. The van der Waals surface area contributed by atoms with Gasteiger partial charge in [0.05, 0.1) is 17.3 Å². The van der Waals surface area contributed by atoms with Gasteiger partial charge in [0, 0.05) is 6.42 Å². The molecule has 0 N–H and O–H groups in total. The number of aldehydes is 1. The van der Waals surface area contributed by atoms with E-state index in [9.17, 15) is 13.2 Å². The lowest BCUT2D eigenvalue weighted by Gasteiger charge is -2.05. The van der Waals surface area contributed by atoms with Crippen molar-refractivity contribution in [2.45, 2.75) is 18.2 Å². The van der Waals surface area contributed by atoms with Gasteiger partial charge in [-0.3, -0.25) is 0 Å². The van der Waals surface area contributed by atoms with E-state index in [-0.39, 0.29) is 17.1 Å². The third-order valence-electron chi connectivity index (χ3n) is 2.00. The first-order valence-electron chi connectivity index (χ1n) is 4.99. The molecule has 0 saturated heterocycles. The smallest absolute Gasteiger partial charge is 0.178 e. The van der Waals surface area contributed by atoms with Crippen LogP contribution in [0.4, 0.5) is 0 Å². The summed E-state index contributed by atoms with van der Waals surface area (Å²) < 4.78 is 28.5. The van der Waals surface area contributed by atoms with E-state index in [4.69, 9.17) is 4.74 Å². The molecule has 4 nitrogen and oxygen atoms in total. The summed E-state index contributed by atoms with van der Waals surface area (Å²) in [6.45, 7) is 2.39. The molecule has 0 atom stereocenters. The Morgan fingerprint density at radius 2 is 1.88 bits per heavy atom. The maximum Gasteiger partial charge on any atom is 0.178 e. The van der Waals surface area contributed by atoms with Gasteiger partial charge in [-0.05, 0) is 31.2 Å². The lowest BCUT2D eigenvalue weighted by atomic mass is 10.3. The Bertz CT molecular complexity index is 434. The lowest BCUT2D eigenvalue weighted by Crippen LogP contribution is -2.07. The molecular formula is C11H14O4S. The molecule has 5 heteroatoms. The number of benzene rings is 1. The first-order valence-corrected chi connectivity index (χ1v) is 6.64. The number of ether oxygens (including phenoxy) is 1. The van der Waals surface area contributed by atoms with E-state index < -0.39 is 9.84 Å². The molecule has 0 unspecified atom stereocenters. The van der Waals surface area contributed by atoms with Crippen molar-refractivity contribution >= 4 is 16.1 Å². The fourth-order valence-electron chi connectivity index (χ4n) is 1.23. The third kappa shape index (κ3) is 3.34. The van der Waals surface area contributed by atoms with Gasteiger partial charge in [-0.2, -0.15) is 0 Å². The van der Waals surface area contributed by atoms with Crippen molar-refractivity contribution in [2.75, 3.05) is 12.4 Å². The molecular weight excluding hydrogens is 228 g/mol. The molecule has 0 bridgehead atoms. The van der Waals surface area contributed by atoms with Crippen molar-refractivity contribution < 1.29 is 17.9 Å². The molecule has 1 aromatic rings. The van der Waals surface area contributed by atoms with Crippen molar-refractivity contribution in [3.63, 3.8) is 0 Å². The molecule has 0 radical (unpaired) electrons. The fourth-order valence-corrected chi connectivity index (χ4v) is 2.42. The highest BCUT2D eigenvalue weighted by Crippen LogP contribution is 2.17. The molecule has 0 spiro atoms. The molecule has 0 saturated carbocycles. The second-order valence-electron chi connectivity index (χ2n) is 3.18. The molecule has 88 valence electrons. The van der Waals surface area contributed by atoms with Gasteiger partial charge in [0.2, 0.25) is 0 Å². The van der Waals surface area contributed by atoms with Crippen molar-refractivity contribution in [3.05, 3.63) is 24.3 Å². The van der Waals surface area contributed by atoms with Crippen molar-refractivity contribution in [3.8, 4) is 5.75 Å². The van der Waals surface area contributed by atoms with Crippen LogP contribution in [0.25, 0.3) is 0 Å². The van der Waals surface area contributed by atoms with E-state index >= 15 is 0 Å². The Morgan fingerprint density at radius 3 is 2.38 bits per heavy atom. The predicted molar refractivity (Wildman–Crippen MR) is 60.3 cm³/mol. The Balaban J connectivity index is 2.84. The summed E-state index contributed by atoms with van der Waals surface area (Å²) in [6.07, 6.45) is 0.627. The van der Waals surface area contributed by atoms with Gasteiger partial charge in [0.15, 0.2) is 9.84 Å². The van der Waals surface area contributed by atoms with E-state index in [1.54, 1.807) is 12.1 Å². The number of sulfone groups is 1. The number of rotatable bonds is 6. The third-order valence-corrected chi connectivity index (χ3v) is 3.76. The van der Waals surface area contributed by atoms with E-state index in [1.165, 1.54) is 12.1 Å². The normalized spacial score (nSPS) is 11.1. The monoisotopic (exact) mass is 242 g/mol. The van der Waals surface area contributed by atoms with Crippen LogP contribution in [0.5, 0.6) is 5.75 Å². The maximum absolute atomic E-state index is 11.7. The molecule has 0 aromatic heterocycles. The standard InChI is InChI=1S/C11H14O4S/c1-2-15-10-4-6-11(7-5-10)16(13,14)9-3-8-12/h4-8H,2-3,9H2,1H3. The number of carbonyl (C=O) groups is 1. The quantitative estimate of drug-likeness (QED) is 0.708. The van der Waals surface area contributed by atoms with Crippen LogP contribution >= 0.6 is 0 Å². The minimum Gasteiger partial charge on any atom is -0.494 e. The summed E-state index contributed by atoms with van der Waals surface area (Å²) in [5.74, 6) is 0.488. The first-order chi connectivity index (χ1) is 7.60. The van der Waals surface area contributed by atoms with Crippen LogP contribution in [0.3, 0.4) is 0 Å². The Morgan fingerprint density at radius 1 is 1.25 bits per heavy atom. The Labute approximate surface area is 95.2 Å². The number of carbonyl (C=O) groups excluding carboxylic acids is 1. The molecule has 0 amide bonds. The minimum absolute atomic E-state index is 0.0234. The van der Waals surface area contributed by atoms with Gasteiger partial charge in [-0.1, -0.05) is 0 Å². The molecule has 0 aliphatic carbocycles. The SMILES string of the molecule is CCOc1ccc(S(=O)(=O)CCC=O)cc1. The summed E-state index contributed by atoms with van der Waals surface area (Å²) >= 11 is 0. The van der Waals surface area contributed by atoms with E-state index in [0.29, 0.717) is 18.6 Å². The highest BCUT2D eigenvalue weighted by atomic mass is 32.2. The molecule has 16 heavy (non-hydrogen) atoms. The zero-order valence-electron chi connectivity index (χ0n) is 9.05. The summed E-state index contributed by atoms with van der Waals surface area (Å²) in [5, 5.41) is 0. The van der Waals surface area contributed by atoms with Crippen LogP contribution < -0.4 is 4.74 Å². The highest BCUT2D eigenvalue weighted by molar-refractivity contribution is 7.91. The van der Waals surface area contributed by atoms with Crippen LogP contribution in [0.1, 0.15) is 13.3 Å². The summed E-state index contributed by atoms with van der Waals surface area (Å²) in [5.41, 5.74) is 0. The second-order valence-corrected chi connectivity index (χ2v) is 5.29. The van der Waals surface area contributed by atoms with E-state index in [1.807, 2.05) is 6.92 Å². The Kier molecular flexibility index (Phi) is 4.49. The Hall–Kier alpha value is -1.36. The summed E-state index contributed by atoms with van der Waals surface area (Å²) in [4.78, 5) is 10.4. The summed E-state index contributed by atoms with van der Waals surface area (Å²) in [6, 6.07) is 6.20. The van der Waals surface area contributed by atoms with Gasteiger partial charge in [0.25, 0.3) is 0 Å². The molecule has 0 aliphatic heterocycles. The van der Waals surface area contributed by atoms with Crippen LogP contribution in [-0.4, -0.2) is 27.1 Å². The van der Waals surface area contributed by atoms with Gasteiger partial charge in [-0.15, -0.1) is 0 Å². The van der Waals surface area contributed by atoms with Gasteiger partial charge in [0.1, 0.15) is 12.0 Å². The topological polar surface area (TPSA) is 60.4 Å². The average molecular weight is 242 g/mol. The van der Waals surface area contributed by atoms with E-state index in [0.717, 1.165) is 0 Å². The molecule has 0 heterocycles. The largest absolute Gasteiger partial charge is 0.494 e. The number of hydrogen-bond acceptors (Lipinski definition) is 4. The zero-order valence-corrected chi connectivity index (χ0v) is 9.87. The second kappa shape index (κ2) is 5.65. The van der Waals surface area contributed by atoms with Gasteiger partial charge < -0.3 is 9.53 Å². The number of hydrogen-bond donors (Lipinski definition) is 0. The molecule has 1 rings (SSSR count). The zero-order chi connectivity index (χ0) is 12.0. The predicted octanol–water partition coefficient (Wildman–Crippen LogP) is 1.45. The fraction of sp³-hybridized carbons (Fsp3) is 0.364. The molecule has 1 aromatic carbocycles. The highest BCUT2D eigenvalue weighted by Gasteiger charge is 2.13. The van der Waals surface area contributed by atoms with Crippen molar-refractivity contribution in [2.24, 2.45) is 0 Å². The van der Waals surface area contributed by atoms with Crippen LogP contribution in [-0.2, 0) is 14.6 Å². The van der Waals surface area contributed by atoms with E-state index in [2.05, 4.69) is 0 Å². The molecule has 0 fully saturated rings. The maximum atomic E-state index is 11.7.